The summed E-state index contributed by atoms with van der Waals surface area (Å²) < 4.78 is 5.58. The highest BCUT2D eigenvalue weighted by Crippen LogP contribution is 2.32. The molecule has 3 nitrogen and oxygen atoms in total. The number of carbonyl (C=O) groups is 1. The van der Waals surface area contributed by atoms with Crippen LogP contribution in [-0.4, -0.2) is 18.6 Å². The molecule has 1 fully saturated rings. The fraction of sp³-hybridized carbons (Fsp3) is 0.562. The highest BCUT2D eigenvalue weighted by Gasteiger charge is 2.28. The molecule has 0 aliphatic heterocycles. The van der Waals surface area contributed by atoms with Crippen LogP contribution >= 0.6 is 0 Å². The number of nitrogens with one attached hydrogen (secondary N) is 1. The summed E-state index contributed by atoms with van der Waals surface area (Å²) in [6.07, 6.45) is 6.03. The molecule has 1 aromatic carbocycles. The van der Waals surface area contributed by atoms with Gasteiger partial charge in [-0.3, -0.25) is 4.79 Å². The standard InChI is InChI=1S/C16H21NO2/c1-11(12-5-6-12)17-16(18)10-19-15-8-7-13-3-2-4-14(13)9-15/h7-9,11-12H,2-6,10H2,1H3,(H,17,18)/t11-/m1/s1. The number of benzene rings is 1. The summed E-state index contributed by atoms with van der Waals surface area (Å²) in [5.41, 5.74) is 2.81. The molecule has 1 N–H and O–H groups in total. The van der Waals surface area contributed by atoms with E-state index < -0.39 is 0 Å². The number of hydrogen-bond acceptors (Lipinski definition) is 2. The third-order valence-corrected chi connectivity index (χ3v) is 4.16. The van der Waals surface area contributed by atoms with Crippen molar-refractivity contribution in [2.24, 2.45) is 5.92 Å². The van der Waals surface area contributed by atoms with Gasteiger partial charge in [-0.05, 0) is 68.2 Å². The second-order valence-electron chi connectivity index (χ2n) is 5.77. The first-order valence-corrected chi connectivity index (χ1v) is 7.26. The van der Waals surface area contributed by atoms with Gasteiger partial charge in [0.1, 0.15) is 5.75 Å². The van der Waals surface area contributed by atoms with Gasteiger partial charge in [0.15, 0.2) is 6.61 Å². The molecule has 3 rings (SSSR count). The van der Waals surface area contributed by atoms with Crippen molar-refractivity contribution in [1.82, 2.24) is 5.32 Å². The largest absolute Gasteiger partial charge is 0.484 e. The fourth-order valence-corrected chi connectivity index (χ4v) is 2.80. The van der Waals surface area contributed by atoms with E-state index in [4.69, 9.17) is 4.74 Å². The van der Waals surface area contributed by atoms with Crippen LogP contribution < -0.4 is 10.1 Å². The SMILES string of the molecule is C[C@@H](NC(=O)COc1ccc2c(c1)CCC2)C1CC1. The molecule has 0 aromatic heterocycles. The Labute approximate surface area is 114 Å². The molecule has 0 spiro atoms. The van der Waals surface area contributed by atoms with Gasteiger partial charge in [-0.2, -0.15) is 0 Å². The average Bonchev–Trinajstić information content (AvgIpc) is 3.15. The fourth-order valence-electron chi connectivity index (χ4n) is 2.80. The lowest BCUT2D eigenvalue weighted by Gasteiger charge is -2.13. The van der Waals surface area contributed by atoms with Crippen molar-refractivity contribution in [1.29, 1.82) is 0 Å². The van der Waals surface area contributed by atoms with Gasteiger partial charge in [-0.1, -0.05) is 6.07 Å². The van der Waals surface area contributed by atoms with Crippen molar-refractivity contribution >= 4 is 5.91 Å². The van der Waals surface area contributed by atoms with E-state index in [9.17, 15) is 4.79 Å². The molecule has 19 heavy (non-hydrogen) atoms. The lowest BCUT2D eigenvalue weighted by atomic mass is 10.1. The van der Waals surface area contributed by atoms with E-state index in [-0.39, 0.29) is 18.6 Å². The first kappa shape index (κ1) is 12.5. The van der Waals surface area contributed by atoms with Crippen LogP contribution in [0.1, 0.15) is 37.3 Å². The van der Waals surface area contributed by atoms with E-state index in [0.29, 0.717) is 5.92 Å². The van der Waals surface area contributed by atoms with Crippen molar-refractivity contribution in [2.45, 2.75) is 45.1 Å². The number of hydrogen-bond donors (Lipinski definition) is 1. The summed E-state index contributed by atoms with van der Waals surface area (Å²) in [6, 6.07) is 6.47. The zero-order chi connectivity index (χ0) is 13.2. The molecule has 0 radical (unpaired) electrons. The maximum Gasteiger partial charge on any atom is 0.258 e. The number of carbonyl (C=O) groups excluding carboxylic acids is 1. The highest BCUT2D eigenvalue weighted by atomic mass is 16.5. The molecule has 1 saturated carbocycles. The molecule has 1 atom stereocenters. The minimum Gasteiger partial charge on any atom is -0.484 e. The van der Waals surface area contributed by atoms with Crippen LogP contribution in [0.15, 0.2) is 18.2 Å². The second-order valence-corrected chi connectivity index (χ2v) is 5.77. The van der Waals surface area contributed by atoms with Gasteiger partial charge < -0.3 is 10.1 Å². The van der Waals surface area contributed by atoms with Crippen LogP contribution in [0.25, 0.3) is 0 Å². The predicted molar refractivity (Wildman–Crippen MR) is 74.3 cm³/mol. The van der Waals surface area contributed by atoms with Crippen LogP contribution in [0.5, 0.6) is 5.75 Å². The van der Waals surface area contributed by atoms with E-state index in [1.54, 1.807) is 0 Å². The molecular weight excluding hydrogens is 238 g/mol. The lowest BCUT2D eigenvalue weighted by Crippen LogP contribution is -2.37. The maximum absolute atomic E-state index is 11.8. The van der Waals surface area contributed by atoms with E-state index in [1.807, 2.05) is 6.07 Å². The minimum atomic E-state index is -0.0140. The molecule has 2 aliphatic rings. The number of aryl methyl sites for hydroxylation is 2. The van der Waals surface area contributed by atoms with E-state index in [1.165, 1.54) is 36.8 Å². The third kappa shape index (κ3) is 3.09. The molecule has 3 heteroatoms. The van der Waals surface area contributed by atoms with Gasteiger partial charge in [0.25, 0.3) is 5.91 Å². The summed E-state index contributed by atoms with van der Waals surface area (Å²) in [6.45, 7) is 2.20. The zero-order valence-corrected chi connectivity index (χ0v) is 11.4. The van der Waals surface area contributed by atoms with Crippen LogP contribution in [0.2, 0.25) is 0 Å². The van der Waals surface area contributed by atoms with Crippen molar-refractivity contribution in [3.8, 4) is 5.75 Å². The van der Waals surface area contributed by atoms with E-state index >= 15 is 0 Å². The Bertz CT molecular complexity index is 480. The molecule has 0 heterocycles. The smallest absolute Gasteiger partial charge is 0.258 e. The van der Waals surface area contributed by atoms with Gasteiger partial charge in [-0.15, -0.1) is 0 Å². The van der Waals surface area contributed by atoms with Crippen LogP contribution in [0.3, 0.4) is 0 Å². The van der Waals surface area contributed by atoms with Gasteiger partial charge in [-0.25, -0.2) is 0 Å². The van der Waals surface area contributed by atoms with E-state index in [2.05, 4.69) is 24.4 Å². The summed E-state index contributed by atoms with van der Waals surface area (Å²) in [4.78, 5) is 11.8. The van der Waals surface area contributed by atoms with Crippen LogP contribution in [0.4, 0.5) is 0 Å². The quantitative estimate of drug-likeness (QED) is 0.882. The number of rotatable bonds is 5. The van der Waals surface area contributed by atoms with Crippen molar-refractivity contribution in [3.05, 3.63) is 29.3 Å². The summed E-state index contributed by atoms with van der Waals surface area (Å²) in [5, 5.41) is 3.00. The summed E-state index contributed by atoms with van der Waals surface area (Å²) >= 11 is 0. The van der Waals surface area contributed by atoms with Gasteiger partial charge in [0, 0.05) is 6.04 Å². The molecule has 2 aliphatic carbocycles. The normalized spacial score (nSPS) is 18.8. The Balaban J connectivity index is 1.50. The van der Waals surface area contributed by atoms with Gasteiger partial charge >= 0.3 is 0 Å². The van der Waals surface area contributed by atoms with Crippen LogP contribution in [0, 0.1) is 5.92 Å². The Morgan fingerprint density at radius 1 is 1.37 bits per heavy atom. The average molecular weight is 259 g/mol. The summed E-state index contributed by atoms with van der Waals surface area (Å²) in [5.74, 6) is 1.48. The third-order valence-electron chi connectivity index (χ3n) is 4.16. The highest BCUT2D eigenvalue weighted by molar-refractivity contribution is 5.77. The maximum atomic E-state index is 11.8. The minimum absolute atomic E-state index is 0.0140. The molecule has 102 valence electrons. The Morgan fingerprint density at radius 3 is 2.95 bits per heavy atom. The molecule has 0 unspecified atom stereocenters. The summed E-state index contributed by atoms with van der Waals surface area (Å²) in [7, 11) is 0. The number of amides is 1. The molecule has 1 amide bonds. The monoisotopic (exact) mass is 259 g/mol. The van der Waals surface area contributed by atoms with Gasteiger partial charge in [0.2, 0.25) is 0 Å². The first-order chi connectivity index (χ1) is 9.22. The van der Waals surface area contributed by atoms with Gasteiger partial charge in [0.05, 0.1) is 0 Å². The lowest BCUT2D eigenvalue weighted by molar-refractivity contribution is -0.123. The van der Waals surface area contributed by atoms with Crippen molar-refractivity contribution in [2.75, 3.05) is 6.61 Å². The second kappa shape index (κ2) is 5.24. The molecule has 1 aromatic rings. The molecular formula is C16H21NO2. The topological polar surface area (TPSA) is 38.3 Å². The Morgan fingerprint density at radius 2 is 2.16 bits per heavy atom. The number of fused-ring (bicyclic) bond motifs is 1. The Hall–Kier alpha value is -1.51. The van der Waals surface area contributed by atoms with E-state index in [0.717, 1.165) is 12.2 Å². The Kier molecular flexibility index (Phi) is 3.45. The molecule has 0 bridgehead atoms. The first-order valence-electron chi connectivity index (χ1n) is 7.26. The predicted octanol–water partition coefficient (Wildman–Crippen LogP) is 2.47. The number of ether oxygens (including phenoxy) is 1. The van der Waals surface area contributed by atoms with Crippen molar-refractivity contribution in [3.63, 3.8) is 0 Å². The van der Waals surface area contributed by atoms with Crippen molar-refractivity contribution < 1.29 is 9.53 Å². The van der Waals surface area contributed by atoms with Crippen LogP contribution in [-0.2, 0) is 17.6 Å². The molecule has 0 saturated heterocycles. The zero-order valence-electron chi connectivity index (χ0n) is 11.4.